The fourth-order valence-electron chi connectivity index (χ4n) is 1.38. The van der Waals surface area contributed by atoms with Gasteiger partial charge in [-0.25, -0.2) is 4.79 Å². The lowest BCUT2D eigenvalue weighted by molar-refractivity contribution is 0.0636. The first-order valence-corrected chi connectivity index (χ1v) is 7.32. The Morgan fingerprint density at radius 2 is 1.79 bits per heavy atom. The van der Waals surface area contributed by atoms with E-state index in [4.69, 9.17) is 4.74 Å². The van der Waals surface area contributed by atoms with Crippen molar-refractivity contribution in [2.75, 3.05) is 10.0 Å². The van der Waals surface area contributed by atoms with Gasteiger partial charge in [-0.1, -0.05) is 0 Å². The van der Waals surface area contributed by atoms with Gasteiger partial charge in [-0.3, -0.25) is 5.32 Å². The fraction of sp³-hybridized carbons (Fsp3) is 0.500. The number of rotatable bonds is 4. The summed E-state index contributed by atoms with van der Waals surface area (Å²) in [5.74, 6) is 0. The van der Waals surface area contributed by atoms with Crippen molar-refractivity contribution in [1.29, 1.82) is 0 Å². The SMILES string of the molecule is CC(C)(C)OC(=O)Nc1ccc(NSC2CC2)cc1. The van der Waals surface area contributed by atoms with E-state index in [0.29, 0.717) is 0 Å². The number of hydrogen-bond donors (Lipinski definition) is 2. The van der Waals surface area contributed by atoms with Crippen LogP contribution >= 0.6 is 11.9 Å². The second kappa shape index (κ2) is 5.74. The normalized spacial score (nSPS) is 14.9. The highest BCUT2D eigenvalue weighted by Gasteiger charge is 2.22. The van der Waals surface area contributed by atoms with E-state index in [2.05, 4.69) is 10.0 Å². The monoisotopic (exact) mass is 280 g/mol. The van der Waals surface area contributed by atoms with E-state index in [1.807, 2.05) is 45.0 Å². The minimum Gasteiger partial charge on any atom is -0.444 e. The Balaban J connectivity index is 1.81. The Morgan fingerprint density at radius 3 is 2.32 bits per heavy atom. The molecule has 0 bridgehead atoms. The molecule has 0 aromatic heterocycles. The average molecular weight is 280 g/mol. The Morgan fingerprint density at radius 1 is 1.21 bits per heavy atom. The van der Waals surface area contributed by atoms with Crippen molar-refractivity contribution in [1.82, 2.24) is 0 Å². The van der Waals surface area contributed by atoms with Gasteiger partial charge in [0.1, 0.15) is 5.60 Å². The Labute approximate surface area is 118 Å². The van der Waals surface area contributed by atoms with Crippen molar-refractivity contribution < 1.29 is 9.53 Å². The quantitative estimate of drug-likeness (QED) is 0.809. The van der Waals surface area contributed by atoms with Crippen LogP contribution in [0.3, 0.4) is 0 Å². The molecule has 0 unspecified atom stereocenters. The third-order valence-corrected chi connectivity index (χ3v) is 3.56. The number of hydrogen-bond acceptors (Lipinski definition) is 4. The molecule has 104 valence electrons. The summed E-state index contributed by atoms with van der Waals surface area (Å²) < 4.78 is 8.49. The van der Waals surface area contributed by atoms with E-state index in [1.54, 1.807) is 11.9 Å². The highest BCUT2D eigenvalue weighted by molar-refractivity contribution is 8.01. The molecule has 0 aliphatic heterocycles. The van der Waals surface area contributed by atoms with Crippen molar-refractivity contribution in [2.24, 2.45) is 0 Å². The molecule has 0 atom stereocenters. The van der Waals surface area contributed by atoms with Crippen molar-refractivity contribution in [3.8, 4) is 0 Å². The van der Waals surface area contributed by atoms with E-state index in [0.717, 1.165) is 16.6 Å². The van der Waals surface area contributed by atoms with Crippen LogP contribution in [0.5, 0.6) is 0 Å². The maximum Gasteiger partial charge on any atom is 0.412 e. The first kappa shape index (κ1) is 14.1. The van der Waals surface area contributed by atoms with Crippen LogP contribution in [0.15, 0.2) is 24.3 Å². The standard InChI is InChI=1S/C14H20N2O2S/c1-14(2,3)18-13(17)15-10-4-6-11(7-5-10)16-19-12-8-9-12/h4-7,12,16H,8-9H2,1-3H3,(H,15,17). The topological polar surface area (TPSA) is 50.4 Å². The van der Waals surface area contributed by atoms with E-state index in [-0.39, 0.29) is 0 Å². The molecule has 1 aromatic rings. The zero-order valence-corrected chi connectivity index (χ0v) is 12.3. The number of ether oxygens (including phenoxy) is 1. The lowest BCUT2D eigenvalue weighted by Crippen LogP contribution is -2.27. The van der Waals surface area contributed by atoms with Gasteiger partial charge in [0.2, 0.25) is 0 Å². The maximum atomic E-state index is 11.6. The molecule has 4 nitrogen and oxygen atoms in total. The molecule has 1 aromatic carbocycles. The Kier molecular flexibility index (Phi) is 4.24. The van der Waals surface area contributed by atoms with Crippen LogP contribution < -0.4 is 10.0 Å². The summed E-state index contributed by atoms with van der Waals surface area (Å²) in [5, 5.41) is 3.47. The molecule has 2 rings (SSSR count). The summed E-state index contributed by atoms with van der Waals surface area (Å²) in [5.41, 5.74) is 1.30. The van der Waals surface area contributed by atoms with Crippen LogP contribution in [0.4, 0.5) is 16.2 Å². The summed E-state index contributed by atoms with van der Waals surface area (Å²) >= 11 is 1.76. The van der Waals surface area contributed by atoms with Crippen molar-refractivity contribution >= 4 is 29.4 Å². The van der Waals surface area contributed by atoms with E-state index in [1.165, 1.54) is 12.8 Å². The third-order valence-electron chi connectivity index (χ3n) is 2.40. The highest BCUT2D eigenvalue weighted by Crippen LogP contribution is 2.34. The molecular formula is C14H20N2O2S. The molecule has 1 fully saturated rings. The second-order valence-electron chi connectivity index (χ2n) is 5.62. The number of carbonyl (C=O) groups excluding carboxylic acids is 1. The molecular weight excluding hydrogens is 260 g/mol. The predicted molar refractivity (Wildman–Crippen MR) is 80.5 cm³/mol. The third kappa shape index (κ3) is 5.42. The van der Waals surface area contributed by atoms with Gasteiger partial charge in [0.05, 0.1) is 0 Å². The van der Waals surface area contributed by atoms with Gasteiger partial charge in [-0.05, 0) is 69.8 Å². The average Bonchev–Trinajstić information content (AvgIpc) is 3.09. The summed E-state index contributed by atoms with van der Waals surface area (Å²) in [4.78, 5) is 11.6. The minimum atomic E-state index is -0.480. The van der Waals surface area contributed by atoms with Crippen LogP contribution in [0.1, 0.15) is 33.6 Å². The van der Waals surface area contributed by atoms with Crippen molar-refractivity contribution in [3.63, 3.8) is 0 Å². The number of anilines is 2. The first-order valence-electron chi connectivity index (χ1n) is 6.44. The number of benzene rings is 1. The molecule has 0 saturated heterocycles. The number of carbonyl (C=O) groups is 1. The van der Waals surface area contributed by atoms with Gasteiger partial charge in [-0.2, -0.15) is 0 Å². The predicted octanol–water partition coefficient (Wildman–Crippen LogP) is 4.26. The number of amides is 1. The molecule has 2 N–H and O–H groups in total. The smallest absolute Gasteiger partial charge is 0.412 e. The van der Waals surface area contributed by atoms with Gasteiger partial charge >= 0.3 is 6.09 Å². The number of nitrogens with one attached hydrogen (secondary N) is 2. The molecule has 0 spiro atoms. The fourth-order valence-corrected chi connectivity index (χ4v) is 2.19. The Bertz CT molecular complexity index is 436. The van der Waals surface area contributed by atoms with Crippen LogP contribution in [0.2, 0.25) is 0 Å². The van der Waals surface area contributed by atoms with Crippen molar-refractivity contribution in [3.05, 3.63) is 24.3 Å². The minimum absolute atomic E-state index is 0.430. The molecule has 1 amide bonds. The highest BCUT2D eigenvalue weighted by atomic mass is 32.2. The van der Waals surface area contributed by atoms with Gasteiger partial charge < -0.3 is 9.46 Å². The van der Waals surface area contributed by atoms with Gasteiger partial charge in [0, 0.05) is 16.6 Å². The van der Waals surface area contributed by atoms with Crippen LogP contribution in [0.25, 0.3) is 0 Å². The molecule has 1 saturated carbocycles. The summed E-state index contributed by atoms with van der Waals surface area (Å²) in [6.45, 7) is 5.53. The van der Waals surface area contributed by atoms with Crippen molar-refractivity contribution in [2.45, 2.75) is 44.5 Å². The van der Waals surface area contributed by atoms with Crippen LogP contribution in [-0.2, 0) is 4.74 Å². The van der Waals surface area contributed by atoms with Gasteiger partial charge in [0.15, 0.2) is 0 Å². The lowest BCUT2D eigenvalue weighted by atomic mass is 10.2. The zero-order valence-electron chi connectivity index (χ0n) is 11.5. The zero-order chi connectivity index (χ0) is 13.9. The van der Waals surface area contributed by atoms with Gasteiger partial charge in [0.25, 0.3) is 0 Å². The van der Waals surface area contributed by atoms with Crippen LogP contribution in [-0.4, -0.2) is 16.9 Å². The van der Waals surface area contributed by atoms with Gasteiger partial charge in [-0.15, -0.1) is 0 Å². The molecule has 1 aliphatic carbocycles. The molecule has 0 heterocycles. The summed E-state index contributed by atoms with van der Waals surface area (Å²) in [7, 11) is 0. The molecule has 1 aliphatic rings. The summed E-state index contributed by atoms with van der Waals surface area (Å²) in [6.07, 6.45) is 2.17. The lowest BCUT2D eigenvalue weighted by Gasteiger charge is -2.19. The Hall–Kier alpha value is -1.36. The first-order chi connectivity index (χ1) is 8.92. The molecule has 0 radical (unpaired) electrons. The van der Waals surface area contributed by atoms with E-state index in [9.17, 15) is 4.79 Å². The second-order valence-corrected chi connectivity index (χ2v) is 6.73. The summed E-state index contributed by atoms with van der Waals surface area (Å²) in [6, 6.07) is 7.61. The molecule has 19 heavy (non-hydrogen) atoms. The van der Waals surface area contributed by atoms with E-state index >= 15 is 0 Å². The van der Waals surface area contributed by atoms with Crippen LogP contribution in [0, 0.1) is 0 Å². The maximum absolute atomic E-state index is 11.6. The van der Waals surface area contributed by atoms with E-state index < -0.39 is 11.7 Å². The largest absolute Gasteiger partial charge is 0.444 e. The molecule has 5 heteroatoms.